The standard InChI is InChI=1S/C17H15BrOS2/c18-13-4-3-5-15(9-13)20-11-14(19)8-12-10-21-17-7-2-1-6-16(12)17/h1-7,9-10,14,19H,8,11H2. The van der Waals surface area contributed by atoms with Crippen LogP contribution in [0, 0.1) is 0 Å². The lowest BCUT2D eigenvalue weighted by Crippen LogP contribution is -2.13. The van der Waals surface area contributed by atoms with E-state index in [4.69, 9.17) is 0 Å². The van der Waals surface area contributed by atoms with Crippen LogP contribution in [0.15, 0.2) is 63.3 Å². The van der Waals surface area contributed by atoms with Gasteiger partial charge in [-0.25, -0.2) is 0 Å². The number of hydrogen-bond donors (Lipinski definition) is 1. The Morgan fingerprint density at radius 3 is 2.86 bits per heavy atom. The van der Waals surface area contributed by atoms with Crippen molar-refractivity contribution in [1.29, 1.82) is 0 Å². The van der Waals surface area contributed by atoms with Crippen LogP contribution in [0.2, 0.25) is 0 Å². The van der Waals surface area contributed by atoms with Crippen molar-refractivity contribution in [1.82, 2.24) is 0 Å². The summed E-state index contributed by atoms with van der Waals surface area (Å²) in [5.74, 6) is 0.709. The van der Waals surface area contributed by atoms with E-state index in [0.29, 0.717) is 12.2 Å². The van der Waals surface area contributed by atoms with Gasteiger partial charge in [0.05, 0.1) is 6.10 Å². The quantitative estimate of drug-likeness (QED) is 0.603. The monoisotopic (exact) mass is 378 g/mol. The molecular formula is C17H15BrOS2. The van der Waals surface area contributed by atoms with E-state index in [2.05, 4.69) is 57.7 Å². The molecule has 1 unspecified atom stereocenters. The van der Waals surface area contributed by atoms with Gasteiger partial charge in [0.1, 0.15) is 0 Å². The number of rotatable bonds is 5. The van der Waals surface area contributed by atoms with E-state index in [1.165, 1.54) is 20.5 Å². The largest absolute Gasteiger partial charge is 0.392 e. The summed E-state index contributed by atoms with van der Waals surface area (Å²) in [6, 6.07) is 16.6. The molecule has 0 radical (unpaired) electrons. The van der Waals surface area contributed by atoms with E-state index in [-0.39, 0.29) is 6.10 Å². The highest BCUT2D eigenvalue weighted by molar-refractivity contribution is 9.10. The first kappa shape index (κ1) is 15.1. The Morgan fingerprint density at radius 2 is 2.00 bits per heavy atom. The van der Waals surface area contributed by atoms with Gasteiger partial charge in [0.15, 0.2) is 0 Å². The summed E-state index contributed by atoms with van der Waals surface area (Å²) in [4.78, 5) is 1.18. The number of hydrogen-bond acceptors (Lipinski definition) is 3. The summed E-state index contributed by atoms with van der Waals surface area (Å²) in [5, 5.41) is 13.7. The lowest BCUT2D eigenvalue weighted by atomic mass is 10.1. The van der Waals surface area contributed by atoms with Crippen molar-refractivity contribution in [2.45, 2.75) is 17.4 Å². The third-order valence-corrected chi connectivity index (χ3v) is 5.90. The number of aliphatic hydroxyl groups is 1. The molecule has 0 aliphatic heterocycles. The van der Waals surface area contributed by atoms with Crippen LogP contribution in [0.4, 0.5) is 0 Å². The molecule has 1 N–H and O–H groups in total. The van der Waals surface area contributed by atoms with Gasteiger partial charge in [0.2, 0.25) is 0 Å². The summed E-state index contributed by atoms with van der Waals surface area (Å²) >= 11 is 6.91. The van der Waals surface area contributed by atoms with E-state index in [1.54, 1.807) is 23.1 Å². The fraction of sp³-hybridized carbons (Fsp3) is 0.176. The maximum atomic E-state index is 10.3. The average molecular weight is 379 g/mol. The van der Waals surface area contributed by atoms with Crippen molar-refractivity contribution in [3.05, 3.63) is 63.9 Å². The molecule has 0 aliphatic rings. The van der Waals surface area contributed by atoms with Gasteiger partial charge in [-0.15, -0.1) is 23.1 Å². The number of fused-ring (bicyclic) bond motifs is 1. The van der Waals surface area contributed by atoms with E-state index in [1.807, 2.05) is 12.1 Å². The predicted octanol–water partition coefficient (Wildman–Crippen LogP) is 5.36. The highest BCUT2D eigenvalue weighted by Gasteiger charge is 2.10. The molecule has 1 heterocycles. The van der Waals surface area contributed by atoms with Crippen LogP contribution >= 0.6 is 39.0 Å². The number of aliphatic hydroxyl groups excluding tert-OH is 1. The second-order valence-electron chi connectivity index (χ2n) is 4.88. The Hall–Kier alpha value is -0.810. The summed E-state index contributed by atoms with van der Waals surface area (Å²) < 4.78 is 2.37. The van der Waals surface area contributed by atoms with Gasteiger partial charge in [-0.3, -0.25) is 0 Å². The van der Waals surface area contributed by atoms with Gasteiger partial charge in [-0.05, 0) is 40.6 Å². The van der Waals surface area contributed by atoms with Gasteiger partial charge in [-0.1, -0.05) is 40.2 Å². The van der Waals surface area contributed by atoms with E-state index < -0.39 is 0 Å². The Kier molecular flexibility index (Phi) is 5.01. The van der Waals surface area contributed by atoms with Crippen molar-refractivity contribution in [2.24, 2.45) is 0 Å². The molecule has 0 bridgehead atoms. The maximum absolute atomic E-state index is 10.3. The molecule has 108 valence electrons. The molecule has 4 heteroatoms. The van der Waals surface area contributed by atoms with Gasteiger partial charge in [0, 0.05) is 26.2 Å². The number of thiophene rings is 1. The predicted molar refractivity (Wildman–Crippen MR) is 96.4 cm³/mol. The summed E-state index contributed by atoms with van der Waals surface area (Å²) in [7, 11) is 0. The van der Waals surface area contributed by atoms with Crippen LogP contribution < -0.4 is 0 Å². The maximum Gasteiger partial charge on any atom is 0.0674 e. The molecule has 0 amide bonds. The summed E-state index contributed by atoms with van der Waals surface area (Å²) in [6.07, 6.45) is 0.386. The van der Waals surface area contributed by atoms with Crippen LogP contribution in [0.3, 0.4) is 0 Å². The molecule has 0 saturated heterocycles. The molecule has 0 aliphatic carbocycles. The van der Waals surface area contributed by atoms with Crippen molar-refractivity contribution in [3.8, 4) is 0 Å². The van der Waals surface area contributed by atoms with Crippen LogP contribution in [0.1, 0.15) is 5.56 Å². The fourth-order valence-corrected chi connectivity index (χ4v) is 4.67. The molecule has 1 nitrogen and oxygen atoms in total. The smallest absolute Gasteiger partial charge is 0.0674 e. The summed E-state index contributed by atoms with van der Waals surface area (Å²) in [6.45, 7) is 0. The lowest BCUT2D eigenvalue weighted by molar-refractivity contribution is 0.200. The minimum absolute atomic E-state index is 0.327. The van der Waals surface area contributed by atoms with Gasteiger partial charge < -0.3 is 5.11 Å². The van der Waals surface area contributed by atoms with Crippen molar-refractivity contribution >= 4 is 49.1 Å². The van der Waals surface area contributed by atoms with E-state index >= 15 is 0 Å². The zero-order valence-electron chi connectivity index (χ0n) is 11.3. The molecule has 1 atom stereocenters. The lowest BCUT2D eigenvalue weighted by Gasteiger charge is -2.10. The molecule has 1 aromatic heterocycles. The first-order valence-electron chi connectivity index (χ1n) is 6.74. The topological polar surface area (TPSA) is 20.2 Å². The molecule has 0 spiro atoms. The summed E-state index contributed by atoms with van der Waals surface area (Å²) in [5.41, 5.74) is 1.25. The third kappa shape index (κ3) is 3.89. The minimum Gasteiger partial charge on any atom is -0.392 e. The molecule has 3 aromatic rings. The SMILES string of the molecule is OC(CSc1cccc(Br)c1)Cc1csc2ccccc12. The Morgan fingerprint density at radius 1 is 1.14 bits per heavy atom. The highest BCUT2D eigenvalue weighted by atomic mass is 79.9. The van der Waals surface area contributed by atoms with Crippen LogP contribution in [-0.2, 0) is 6.42 Å². The fourth-order valence-electron chi connectivity index (χ4n) is 2.25. The van der Waals surface area contributed by atoms with Crippen LogP contribution in [-0.4, -0.2) is 17.0 Å². The number of halogens is 1. The molecule has 0 saturated carbocycles. The molecule has 2 aromatic carbocycles. The second kappa shape index (κ2) is 6.97. The van der Waals surface area contributed by atoms with Gasteiger partial charge in [-0.2, -0.15) is 0 Å². The van der Waals surface area contributed by atoms with Crippen LogP contribution in [0.25, 0.3) is 10.1 Å². The molecule has 0 fully saturated rings. The molecule has 3 rings (SSSR count). The van der Waals surface area contributed by atoms with Crippen molar-refractivity contribution in [2.75, 3.05) is 5.75 Å². The Labute approximate surface area is 141 Å². The Bertz CT molecular complexity index is 738. The zero-order valence-corrected chi connectivity index (χ0v) is 14.5. The zero-order chi connectivity index (χ0) is 14.7. The molecule has 21 heavy (non-hydrogen) atoms. The van der Waals surface area contributed by atoms with Gasteiger partial charge in [0.25, 0.3) is 0 Å². The number of thioether (sulfide) groups is 1. The van der Waals surface area contributed by atoms with Crippen LogP contribution in [0.5, 0.6) is 0 Å². The highest BCUT2D eigenvalue weighted by Crippen LogP contribution is 2.28. The first-order valence-corrected chi connectivity index (χ1v) is 9.40. The van der Waals surface area contributed by atoms with E-state index in [9.17, 15) is 5.11 Å². The Balaban J connectivity index is 1.62. The normalized spacial score (nSPS) is 12.7. The van der Waals surface area contributed by atoms with Gasteiger partial charge >= 0.3 is 0 Å². The van der Waals surface area contributed by atoms with Crippen molar-refractivity contribution < 1.29 is 5.11 Å². The van der Waals surface area contributed by atoms with Crippen molar-refractivity contribution in [3.63, 3.8) is 0 Å². The number of benzene rings is 2. The third-order valence-electron chi connectivity index (χ3n) is 3.26. The second-order valence-corrected chi connectivity index (χ2v) is 7.80. The first-order chi connectivity index (χ1) is 10.2. The molecular weight excluding hydrogens is 364 g/mol. The minimum atomic E-state index is -0.327. The van der Waals surface area contributed by atoms with E-state index in [0.717, 1.165) is 4.47 Å². The average Bonchev–Trinajstić information content (AvgIpc) is 2.89.